The molecule has 24 heavy (non-hydrogen) atoms. The summed E-state index contributed by atoms with van der Waals surface area (Å²) in [6.07, 6.45) is 7.52. The highest BCUT2D eigenvalue weighted by Gasteiger charge is 2.31. The number of nitrogens with one attached hydrogen (secondary N) is 1. The Kier molecular flexibility index (Phi) is 4.71. The number of piperidine rings is 1. The third kappa shape index (κ3) is 3.15. The van der Waals surface area contributed by atoms with Crippen LogP contribution in [-0.2, 0) is 19.2 Å². The fraction of sp³-hybridized carbons (Fsp3) is 0.619. The molecule has 127 valence electrons. The van der Waals surface area contributed by atoms with E-state index in [2.05, 4.69) is 43.1 Å². The molecular formula is C21H30BN2. The quantitative estimate of drug-likeness (QED) is 0.857. The molecule has 0 saturated carbocycles. The Morgan fingerprint density at radius 3 is 3.04 bits per heavy atom. The van der Waals surface area contributed by atoms with E-state index in [1.165, 1.54) is 63.7 Å². The van der Waals surface area contributed by atoms with Crippen molar-refractivity contribution in [2.45, 2.75) is 45.2 Å². The van der Waals surface area contributed by atoms with Crippen LogP contribution in [0.25, 0.3) is 0 Å². The van der Waals surface area contributed by atoms with E-state index in [1.807, 2.05) is 0 Å². The molecule has 2 fully saturated rings. The van der Waals surface area contributed by atoms with Crippen molar-refractivity contribution in [1.29, 1.82) is 0 Å². The van der Waals surface area contributed by atoms with E-state index >= 15 is 0 Å². The number of hydrogen-bond donors (Lipinski definition) is 1. The van der Waals surface area contributed by atoms with Crippen molar-refractivity contribution in [1.82, 2.24) is 10.2 Å². The van der Waals surface area contributed by atoms with Crippen LogP contribution in [0.5, 0.6) is 0 Å². The first-order valence-electron chi connectivity index (χ1n) is 9.78. The van der Waals surface area contributed by atoms with E-state index in [1.54, 1.807) is 22.3 Å². The SMILES string of the molecule is C=C(C1CCCNC1)N1CC(Cc2ccc3c(c2C)C[B]CC3)C1. The van der Waals surface area contributed by atoms with E-state index in [0.717, 1.165) is 12.5 Å². The van der Waals surface area contributed by atoms with E-state index in [4.69, 9.17) is 0 Å². The molecule has 0 aromatic heterocycles. The first kappa shape index (κ1) is 16.3. The van der Waals surface area contributed by atoms with Crippen LogP contribution in [-0.4, -0.2) is 38.4 Å². The fourth-order valence-corrected chi connectivity index (χ4v) is 4.74. The van der Waals surface area contributed by atoms with Gasteiger partial charge in [-0.2, -0.15) is 0 Å². The van der Waals surface area contributed by atoms with Gasteiger partial charge in [0.05, 0.1) is 0 Å². The minimum absolute atomic E-state index is 0.667. The second-order valence-corrected chi connectivity index (χ2v) is 8.03. The molecule has 3 heterocycles. The minimum atomic E-state index is 0.667. The zero-order valence-corrected chi connectivity index (χ0v) is 15.1. The molecule has 1 aromatic carbocycles. The van der Waals surface area contributed by atoms with Gasteiger partial charge in [0.2, 0.25) is 0 Å². The maximum atomic E-state index is 4.40. The van der Waals surface area contributed by atoms with Gasteiger partial charge in [-0.3, -0.25) is 0 Å². The van der Waals surface area contributed by atoms with Gasteiger partial charge in [-0.15, -0.1) is 0 Å². The van der Waals surface area contributed by atoms with Gasteiger partial charge in [-0.05, 0) is 67.3 Å². The maximum Gasteiger partial charge on any atom is 0.115 e. The topological polar surface area (TPSA) is 15.3 Å². The highest BCUT2D eigenvalue weighted by molar-refractivity contribution is 6.35. The summed E-state index contributed by atoms with van der Waals surface area (Å²) in [7, 11) is 2.45. The molecule has 4 rings (SSSR count). The highest BCUT2D eigenvalue weighted by Crippen LogP contribution is 2.32. The molecule has 1 atom stereocenters. The molecular weight excluding hydrogens is 291 g/mol. The van der Waals surface area contributed by atoms with Crippen LogP contribution in [0.2, 0.25) is 6.32 Å². The molecule has 0 spiro atoms. The molecule has 1 unspecified atom stereocenters. The van der Waals surface area contributed by atoms with Crippen molar-refractivity contribution in [3.8, 4) is 0 Å². The lowest BCUT2D eigenvalue weighted by Gasteiger charge is -2.45. The molecule has 1 N–H and O–H groups in total. The van der Waals surface area contributed by atoms with Crippen LogP contribution in [0.1, 0.15) is 35.1 Å². The lowest BCUT2D eigenvalue weighted by Crippen LogP contribution is -2.49. The number of benzene rings is 1. The summed E-state index contributed by atoms with van der Waals surface area (Å²) in [5, 5.41) is 3.52. The lowest BCUT2D eigenvalue weighted by atomic mass is 9.61. The van der Waals surface area contributed by atoms with Crippen LogP contribution in [0, 0.1) is 18.8 Å². The average Bonchev–Trinajstić information content (AvgIpc) is 2.60. The second-order valence-electron chi connectivity index (χ2n) is 8.03. The average molecular weight is 321 g/mol. The van der Waals surface area contributed by atoms with E-state index in [9.17, 15) is 0 Å². The molecule has 2 nitrogen and oxygen atoms in total. The fourth-order valence-electron chi connectivity index (χ4n) is 4.74. The van der Waals surface area contributed by atoms with Crippen molar-refractivity contribution in [2.24, 2.45) is 11.8 Å². The summed E-state index contributed by atoms with van der Waals surface area (Å²) in [6.45, 7) is 11.5. The van der Waals surface area contributed by atoms with Crippen LogP contribution < -0.4 is 5.32 Å². The number of fused-ring (bicyclic) bond motifs is 1. The highest BCUT2D eigenvalue weighted by atomic mass is 15.2. The normalized spacial score (nSPS) is 24.0. The van der Waals surface area contributed by atoms with Crippen LogP contribution in [0.4, 0.5) is 0 Å². The Bertz CT molecular complexity index is 613. The molecule has 1 aromatic rings. The van der Waals surface area contributed by atoms with Crippen molar-refractivity contribution in [3.05, 3.63) is 46.7 Å². The number of rotatable bonds is 4. The van der Waals surface area contributed by atoms with Crippen LogP contribution in [0.15, 0.2) is 24.4 Å². The zero-order valence-electron chi connectivity index (χ0n) is 15.1. The van der Waals surface area contributed by atoms with Gasteiger partial charge < -0.3 is 10.2 Å². The predicted octanol–water partition coefficient (Wildman–Crippen LogP) is 3.16. The second kappa shape index (κ2) is 6.96. The standard InChI is InChI=1S/C21H30BN2/c1-15-19(6-5-18-7-8-22-11-21(15)18)10-17-13-24(14-17)16(2)20-4-3-9-23-12-20/h5-6,17,20,23H,2-4,7-14H2,1H3. The predicted molar refractivity (Wildman–Crippen MR) is 103 cm³/mol. The van der Waals surface area contributed by atoms with Gasteiger partial charge in [0.1, 0.15) is 7.28 Å². The smallest absolute Gasteiger partial charge is 0.115 e. The summed E-state index contributed by atoms with van der Waals surface area (Å²) in [4.78, 5) is 2.53. The molecule has 3 heteroatoms. The summed E-state index contributed by atoms with van der Waals surface area (Å²) >= 11 is 0. The van der Waals surface area contributed by atoms with Gasteiger partial charge in [0.15, 0.2) is 0 Å². The van der Waals surface area contributed by atoms with E-state index < -0.39 is 0 Å². The molecule has 0 bridgehead atoms. The maximum absolute atomic E-state index is 4.40. The molecule has 0 amide bonds. The third-order valence-corrected chi connectivity index (χ3v) is 6.41. The first-order chi connectivity index (χ1) is 11.7. The Hall–Kier alpha value is -1.22. The van der Waals surface area contributed by atoms with Gasteiger partial charge in [-0.25, -0.2) is 0 Å². The lowest BCUT2D eigenvalue weighted by molar-refractivity contribution is 0.122. The summed E-state index contributed by atoms with van der Waals surface area (Å²) in [6, 6.07) is 4.80. The van der Waals surface area contributed by atoms with Crippen LogP contribution >= 0.6 is 0 Å². The summed E-state index contributed by atoms with van der Waals surface area (Å²) < 4.78 is 0. The number of nitrogens with zero attached hydrogens (tertiary/aromatic N) is 1. The zero-order chi connectivity index (χ0) is 16.5. The third-order valence-electron chi connectivity index (χ3n) is 6.41. The Balaban J connectivity index is 1.34. The number of aryl methyl sites for hydroxylation is 1. The van der Waals surface area contributed by atoms with E-state index in [-0.39, 0.29) is 0 Å². The molecule has 3 aliphatic heterocycles. The molecule has 0 aliphatic carbocycles. The van der Waals surface area contributed by atoms with Crippen molar-refractivity contribution in [2.75, 3.05) is 26.2 Å². The van der Waals surface area contributed by atoms with Gasteiger partial charge in [-0.1, -0.05) is 31.4 Å². The molecule has 2 saturated heterocycles. The van der Waals surface area contributed by atoms with Gasteiger partial charge in [0, 0.05) is 31.2 Å². The van der Waals surface area contributed by atoms with Crippen molar-refractivity contribution < 1.29 is 0 Å². The largest absolute Gasteiger partial charge is 0.374 e. The number of likely N-dealkylation sites (tertiary alicyclic amines) is 1. The Morgan fingerprint density at radius 2 is 2.25 bits per heavy atom. The number of hydrogen-bond acceptors (Lipinski definition) is 2. The Morgan fingerprint density at radius 1 is 1.38 bits per heavy atom. The monoisotopic (exact) mass is 321 g/mol. The summed E-state index contributed by atoms with van der Waals surface area (Å²) in [5.41, 5.74) is 7.74. The van der Waals surface area contributed by atoms with Gasteiger partial charge >= 0.3 is 0 Å². The molecule has 3 aliphatic rings. The molecule has 1 radical (unpaired) electrons. The van der Waals surface area contributed by atoms with Crippen molar-refractivity contribution in [3.63, 3.8) is 0 Å². The van der Waals surface area contributed by atoms with Crippen LogP contribution in [0.3, 0.4) is 0 Å². The first-order valence-corrected chi connectivity index (χ1v) is 9.78. The van der Waals surface area contributed by atoms with E-state index in [0.29, 0.717) is 5.92 Å². The van der Waals surface area contributed by atoms with Crippen molar-refractivity contribution >= 4 is 7.28 Å². The summed E-state index contributed by atoms with van der Waals surface area (Å²) in [5.74, 6) is 1.48. The Labute approximate surface area is 147 Å². The van der Waals surface area contributed by atoms with Gasteiger partial charge in [0.25, 0.3) is 0 Å². The minimum Gasteiger partial charge on any atom is -0.374 e.